The number of hydrogen-bond donors (Lipinski definition) is 1. The maximum atomic E-state index is 13.1. The first-order chi connectivity index (χ1) is 11.4. The molecule has 0 fully saturated rings. The predicted octanol–water partition coefficient (Wildman–Crippen LogP) is 1.16. The largest absolute Gasteiger partial charge is 0.268 e. The molecular weight excluding hydrogens is 333 g/mol. The van der Waals surface area contributed by atoms with Gasteiger partial charge in [-0.25, -0.2) is 22.2 Å². The monoisotopic (exact) mass is 351 g/mol. The standard InChI is InChI=1S/C16H18FN3O3S/c1-11-9-13(17)5-6-15(11)24(22,23)18-7-8-20-16(21)10-12-3-2-4-14(12)19-20/h5-6,9-10,18H,2-4,7-8H2,1H3. The maximum Gasteiger partial charge on any atom is 0.267 e. The second-order valence-corrected chi connectivity index (χ2v) is 7.57. The van der Waals surface area contributed by atoms with Gasteiger partial charge in [-0.2, -0.15) is 5.10 Å². The van der Waals surface area contributed by atoms with Crippen LogP contribution in [0.25, 0.3) is 0 Å². The van der Waals surface area contributed by atoms with Gasteiger partial charge in [0.05, 0.1) is 17.1 Å². The smallest absolute Gasteiger partial charge is 0.267 e. The van der Waals surface area contributed by atoms with Crippen molar-refractivity contribution >= 4 is 10.0 Å². The molecule has 0 radical (unpaired) electrons. The Bertz CT molecular complexity index is 938. The summed E-state index contributed by atoms with van der Waals surface area (Å²) in [5.74, 6) is -0.486. The molecule has 1 aromatic carbocycles. The van der Waals surface area contributed by atoms with E-state index in [1.54, 1.807) is 6.07 Å². The van der Waals surface area contributed by atoms with E-state index in [-0.39, 0.29) is 23.5 Å². The van der Waals surface area contributed by atoms with E-state index in [4.69, 9.17) is 0 Å². The number of fused-ring (bicyclic) bond motifs is 1. The summed E-state index contributed by atoms with van der Waals surface area (Å²) in [7, 11) is -3.76. The summed E-state index contributed by atoms with van der Waals surface area (Å²) < 4.78 is 41.4. The van der Waals surface area contributed by atoms with Gasteiger partial charge < -0.3 is 0 Å². The fourth-order valence-electron chi connectivity index (χ4n) is 2.88. The summed E-state index contributed by atoms with van der Waals surface area (Å²) in [5.41, 5.74) is 1.99. The van der Waals surface area contributed by atoms with E-state index in [0.717, 1.165) is 36.6 Å². The van der Waals surface area contributed by atoms with E-state index in [2.05, 4.69) is 9.82 Å². The normalized spacial score (nSPS) is 13.9. The van der Waals surface area contributed by atoms with Gasteiger partial charge in [-0.05, 0) is 55.5 Å². The highest BCUT2D eigenvalue weighted by Crippen LogP contribution is 2.17. The summed E-state index contributed by atoms with van der Waals surface area (Å²) in [4.78, 5) is 12.0. The molecule has 0 aliphatic heterocycles. The number of benzene rings is 1. The molecule has 0 amide bonds. The first kappa shape index (κ1) is 16.8. The Balaban J connectivity index is 1.71. The minimum absolute atomic E-state index is 0.0261. The molecule has 0 bridgehead atoms. The molecule has 1 heterocycles. The van der Waals surface area contributed by atoms with E-state index in [1.807, 2.05) is 0 Å². The third-order valence-electron chi connectivity index (χ3n) is 4.07. The molecule has 128 valence electrons. The molecule has 0 saturated carbocycles. The molecule has 1 aromatic heterocycles. The third kappa shape index (κ3) is 3.39. The second kappa shape index (κ2) is 6.45. The van der Waals surface area contributed by atoms with Crippen molar-refractivity contribution in [1.29, 1.82) is 0 Å². The van der Waals surface area contributed by atoms with Gasteiger partial charge in [0.1, 0.15) is 5.82 Å². The number of rotatable bonds is 5. The minimum atomic E-state index is -3.76. The van der Waals surface area contributed by atoms with Crippen LogP contribution in [0.2, 0.25) is 0 Å². The minimum Gasteiger partial charge on any atom is -0.268 e. The van der Waals surface area contributed by atoms with Gasteiger partial charge in [0.15, 0.2) is 0 Å². The lowest BCUT2D eigenvalue weighted by atomic mass is 10.2. The van der Waals surface area contributed by atoms with Gasteiger partial charge >= 0.3 is 0 Å². The van der Waals surface area contributed by atoms with Crippen molar-refractivity contribution in [2.45, 2.75) is 37.6 Å². The summed E-state index contributed by atoms with van der Waals surface area (Å²) in [6, 6.07) is 5.08. The molecule has 1 aliphatic carbocycles. The van der Waals surface area contributed by atoms with E-state index < -0.39 is 15.8 Å². The molecule has 1 N–H and O–H groups in total. The average Bonchev–Trinajstić information content (AvgIpc) is 2.93. The van der Waals surface area contributed by atoms with Gasteiger partial charge in [-0.15, -0.1) is 0 Å². The van der Waals surface area contributed by atoms with Crippen LogP contribution in [0.1, 0.15) is 23.2 Å². The predicted molar refractivity (Wildman–Crippen MR) is 86.8 cm³/mol. The third-order valence-corrected chi connectivity index (χ3v) is 5.69. The summed E-state index contributed by atoms with van der Waals surface area (Å²) in [5, 5.41) is 4.29. The average molecular weight is 351 g/mol. The first-order valence-corrected chi connectivity index (χ1v) is 9.21. The molecule has 0 saturated heterocycles. The first-order valence-electron chi connectivity index (χ1n) is 7.72. The van der Waals surface area contributed by atoms with Crippen LogP contribution in [-0.2, 0) is 29.4 Å². The SMILES string of the molecule is Cc1cc(F)ccc1S(=O)(=O)NCCn1nc2c(cc1=O)CCC2. The number of aryl methyl sites for hydroxylation is 3. The lowest BCUT2D eigenvalue weighted by molar-refractivity contribution is 0.541. The number of sulfonamides is 1. The highest BCUT2D eigenvalue weighted by atomic mass is 32.2. The Labute approximate surface area is 139 Å². The molecular formula is C16H18FN3O3S. The number of nitrogens with one attached hydrogen (secondary N) is 1. The van der Waals surface area contributed by atoms with Gasteiger partial charge in [-0.1, -0.05) is 0 Å². The summed E-state index contributed by atoms with van der Waals surface area (Å²) >= 11 is 0. The van der Waals surface area contributed by atoms with Crippen molar-refractivity contribution in [2.24, 2.45) is 0 Å². The Morgan fingerprint density at radius 1 is 1.29 bits per heavy atom. The van der Waals surface area contributed by atoms with Crippen molar-refractivity contribution in [3.05, 3.63) is 57.3 Å². The fraction of sp³-hybridized carbons (Fsp3) is 0.375. The molecule has 6 nitrogen and oxygen atoms in total. The van der Waals surface area contributed by atoms with Gasteiger partial charge in [-0.3, -0.25) is 4.79 Å². The van der Waals surface area contributed by atoms with Crippen LogP contribution in [0.5, 0.6) is 0 Å². The van der Waals surface area contributed by atoms with Crippen LogP contribution >= 0.6 is 0 Å². The molecule has 24 heavy (non-hydrogen) atoms. The van der Waals surface area contributed by atoms with Gasteiger partial charge in [0, 0.05) is 12.6 Å². The van der Waals surface area contributed by atoms with E-state index >= 15 is 0 Å². The maximum absolute atomic E-state index is 13.1. The van der Waals surface area contributed by atoms with Crippen molar-refractivity contribution in [2.75, 3.05) is 6.54 Å². The van der Waals surface area contributed by atoms with Gasteiger partial charge in [0.2, 0.25) is 10.0 Å². The number of halogens is 1. The van der Waals surface area contributed by atoms with Crippen LogP contribution in [0.15, 0.2) is 34.0 Å². The van der Waals surface area contributed by atoms with Crippen molar-refractivity contribution in [1.82, 2.24) is 14.5 Å². The summed E-state index contributed by atoms with van der Waals surface area (Å²) in [6.07, 6.45) is 2.70. The Kier molecular flexibility index (Phi) is 4.51. The zero-order chi connectivity index (χ0) is 17.3. The molecule has 0 unspecified atom stereocenters. The lowest BCUT2D eigenvalue weighted by Gasteiger charge is -2.10. The fourth-order valence-corrected chi connectivity index (χ4v) is 4.12. The molecule has 8 heteroatoms. The number of nitrogens with zero attached hydrogens (tertiary/aromatic N) is 2. The number of aromatic nitrogens is 2. The summed E-state index contributed by atoms with van der Waals surface area (Å²) in [6.45, 7) is 1.71. The topological polar surface area (TPSA) is 81.1 Å². The Morgan fingerprint density at radius 2 is 2.08 bits per heavy atom. The zero-order valence-corrected chi connectivity index (χ0v) is 14.1. The van der Waals surface area contributed by atoms with E-state index in [1.165, 1.54) is 23.7 Å². The van der Waals surface area contributed by atoms with E-state index in [9.17, 15) is 17.6 Å². The van der Waals surface area contributed by atoms with Crippen molar-refractivity contribution in [3.63, 3.8) is 0 Å². The second-order valence-electron chi connectivity index (χ2n) is 5.84. The van der Waals surface area contributed by atoms with Crippen LogP contribution < -0.4 is 10.3 Å². The highest BCUT2D eigenvalue weighted by molar-refractivity contribution is 7.89. The highest BCUT2D eigenvalue weighted by Gasteiger charge is 2.18. The molecule has 0 spiro atoms. The molecule has 3 rings (SSSR count). The number of hydrogen-bond acceptors (Lipinski definition) is 4. The lowest BCUT2D eigenvalue weighted by Crippen LogP contribution is -2.32. The Morgan fingerprint density at radius 3 is 2.83 bits per heavy atom. The molecule has 0 atom stereocenters. The zero-order valence-electron chi connectivity index (χ0n) is 13.3. The van der Waals surface area contributed by atoms with Crippen LogP contribution in [0.3, 0.4) is 0 Å². The van der Waals surface area contributed by atoms with E-state index in [0.29, 0.717) is 5.56 Å². The van der Waals surface area contributed by atoms with Crippen molar-refractivity contribution < 1.29 is 12.8 Å². The van der Waals surface area contributed by atoms with Crippen LogP contribution in [0.4, 0.5) is 4.39 Å². The van der Waals surface area contributed by atoms with Crippen LogP contribution in [-0.4, -0.2) is 24.7 Å². The quantitative estimate of drug-likeness (QED) is 0.876. The van der Waals surface area contributed by atoms with Crippen LogP contribution in [0, 0.1) is 12.7 Å². The van der Waals surface area contributed by atoms with Crippen molar-refractivity contribution in [3.8, 4) is 0 Å². The molecule has 1 aliphatic rings. The van der Waals surface area contributed by atoms with Gasteiger partial charge in [0.25, 0.3) is 5.56 Å². The Hall–Kier alpha value is -2.06. The molecule has 2 aromatic rings.